The molecule has 10 heteroatoms. The lowest BCUT2D eigenvalue weighted by molar-refractivity contribution is -0.385. The summed E-state index contributed by atoms with van der Waals surface area (Å²) in [6.45, 7) is 0. The zero-order chi connectivity index (χ0) is 12.2. The Morgan fingerprint density at radius 2 is 2.19 bits per heavy atom. The molecular formula is C6H9N5O4S. The van der Waals surface area contributed by atoms with Crippen molar-refractivity contribution in [2.24, 2.45) is 5.73 Å². The molecule has 1 rings (SSSR count). The number of nitrogens with two attached hydrogens (primary N) is 1. The van der Waals surface area contributed by atoms with Crippen LogP contribution in [0.25, 0.3) is 0 Å². The number of nitro groups is 1. The van der Waals surface area contributed by atoms with Crippen LogP contribution in [0.4, 0.5) is 11.5 Å². The maximum Gasteiger partial charge on any atom is 0.287 e. The summed E-state index contributed by atoms with van der Waals surface area (Å²) >= 11 is 0. The fraction of sp³-hybridized carbons (Fsp3) is 0.167. The van der Waals surface area contributed by atoms with Crippen LogP contribution in [0.2, 0.25) is 0 Å². The number of pyridine rings is 1. The van der Waals surface area contributed by atoms with Gasteiger partial charge in [-0.15, -0.1) is 4.83 Å². The van der Waals surface area contributed by atoms with Gasteiger partial charge in [-0.2, -0.15) is 0 Å². The number of hydrogen-bond donors (Lipinski definition) is 3. The first-order chi connectivity index (χ1) is 7.44. The number of aromatic nitrogens is 1. The fourth-order valence-electron chi connectivity index (χ4n) is 0.740. The average molecular weight is 247 g/mol. The molecule has 0 spiro atoms. The third kappa shape index (κ3) is 3.42. The number of nitrogens with one attached hydrogen (secondary N) is 2. The van der Waals surface area contributed by atoms with Crippen LogP contribution in [-0.4, -0.2) is 24.2 Å². The molecule has 0 aromatic carbocycles. The van der Waals surface area contributed by atoms with Gasteiger partial charge in [0.15, 0.2) is 0 Å². The van der Waals surface area contributed by atoms with Crippen molar-refractivity contribution in [1.82, 2.24) is 9.82 Å². The molecule has 0 saturated carbocycles. The van der Waals surface area contributed by atoms with Crippen LogP contribution in [0, 0.1) is 10.1 Å². The van der Waals surface area contributed by atoms with Gasteiger partial charge >= 0.3 is 0 Å². The van der Waals surface area contributed by atoms with Crippen LogP contribution in [0.1, 0.15) is 0 Å². The maximum absolute atomic E-state index is 10.9. The summed E-state index contributed by atoms with van der Waals surface area (Å²) in [5.74, 6) is -0.449. The van der Waals surface area contributed by atoms with Crippen LogP contribution >= 0.6 is 0 Å². The van der Waals surface area contributed by atoms with Crippen LogP contribution in [-0.2, 0) is 10.0 Å². The molecule has 0 aliphatic carbocycles. The Kier molecular flexibility index (Phi) is 3.71. The van der Waals surface area contributed by atoms with Gasteiger partial charge < -0.3 is 5.73 Å². The van der Waals surface area contributed by atoms with E-state index in [4.69, 9.17) is 5.73 Å². The smallest absolute Gasteiger partial charge is 0.287 e. The summed E-state index contributed by atoms with van der Waals surface area (Å²) in [5, 5.41) is 10.3. The monoisotopic (exact) mass is 247 g/mol. The molecule has 0 bridgehead atoms. The second-order valence-electron chi connectivity index (χ2n) is 2.67. The van der Waals surface area contributed by atoms with Gasteiger partial charge in [-0.25, -0.2) is 13.4 Å². The van der Waals surface area contributed by atoms with E-state index in [0.29, 0.717) is 0 Å². The Hall–Kier alpha value is -1.78. The summed E-state index contributed by atoms with van der Waals surface area (Å²) in [6, 6.07) is 2.45. The molecule has 0 saturated heterocycles. The third-order valence-electron chi connectivity index (χ3n) is 1.51. The topological polar surface area (TPSA) is 140 Å². The Labute approximate surface area is 90.8 Å². The minimum absolute atomic E-state index is 0.127. The molecule has 1 aromatic rings. The molecule has 1 heterocycles. The number of hydrazine groups is 1. The molecule has 0 atom stereocenters. The Morgan fingerprint density at radius 3 is 2.62 bits per heavy atom. The van der Waals surface area contributed by atoms with Gasteiger partial charge in [-0.05, 0) is 6.07 Å². The SMILES string of the molecule is NCS(=O)(=O)NNc1ccc([N+](=O)[O-])cn1. The zero-order valence-electron chi connectivity index (χ0n) is 7.95. The van der Waals surface area contributed by atoms with Crippen molar-refractivity contribution in [3.63, 3.8) is 0 Å². The Morgan fingerprint density at radius 1 is 1.50 bits per heavy atom. The van der Waals surface area contributed by atoms with E-state index in [1.54, 1.807) is 0 Å². The quantitative estimate of drug-likeness (QED) is 0.454. The second kappa shape index (κ2) is 4.83. The van der Waals surface area contributed by atoms with E-state index in [1.165, 1.54) is 12.1 Å². The molecule has 0 unspecified atom stereocenters. The first-order valence-corrected chi connectivity index (χ1v) is 5.66. The third-order valence-corrected chi connectivity index (χ3v) is 2.36. The van der Waals surface area contributed by atoms with Gasteiger partial charge in [-0.3, -0.25) is 15.5 Å². The number of rotatable bonds is 5. The fourth-order valence-corrected chi connectivity index (χ4v) is 1.08. The van der Waals surface area contributed by atoms with E-state index >= 15 is 0 Å². The maximum atomic E-state index is 10.9. The summed E-state index contributed by atoms with van der Waals surface area (Å²) in [5.41, 5.74) is 7.00. The molecular weight excluding hydrogens is 238 g/mol. The summed E-state index contributed by atoms with van der Waals surface area (Å²) in [6.07, 6.45) is 0.999. The highest BCUT2D eigenvalue weighted by Crippen LogP contribution is 2.10. The van der Waals surface area contributed by atoms with E-state index in [-0.39, 0.29) is 11.5 Å². The number of sulfonamides is 1. The van der Waals surface area contributed by atoms with E-state index in [2.05, 4.69) is 10.4 Å². The number of nitrogens with zero attached hydrogens (tertiary/aromatic N) is 2. The Balaban J connectivity index is 2.66. The molecule has 0 amide bonds. The predicted octanol–water partition coefficient (Wildman–Crippen LogP) is -0.848. The van der Waals surface area contributed by atoms with Gasteiger partial charge in [0.25, 0.3) is 5.69 Å². The molecule has 0 radical (unpaired) electrons. The first-order valence-electron chi connectivity index (χ1n) is 4.00. The van der Waals surface area contributed by atoms with Gasteiger partial charge in [0.05, 0.1) is 4.92 Å². The van der Waals surface area contributed by atoms with Crippen molar-refractivity contribution in [2.45, 2.75) is 0 Å². The molecule has 16 heavy (non-hydrogen) atoms. The highest BCUT2D eigenvalue weighted by Gasteiger charge is 2.08. The van der Waals surface area contributed by atoms with Crippen molar-refractivity contribution in [2.75, 3.05) is 11.3 Å². The van der Waals surface area contributed by atoms with Crippen molar-refractivity contribution >= 4 is 21.5 Å². The normalized spacial score (nSPS) is 11.1. The van der Waals surface area contributed by atoms with Crippen molar-refractivity contribution in [3.8, 4) is 0 Å². The lowest BCUT2D eigenvalue weighted by Crippen LogP contribution is -2.34. The summed E-state index contributed by atoms with van der Waals surface area (Å²) in [7, 11) is -3.60. The minimum Gasteiger partial charge on any atom is -0.317 e. The first kappa shape index (κ1) is 12.3. The van der Waals surface area contributed by atoms with E-state index in [0.717, 1.165) is 6.20 Å². The molecule has 4 N–H and O–H groups in total. The van der Waals surface area contributed by atoms with Crippen LogP contribution in [0.3, 0.4) is 0 Å². The number of hydrogen-bond acceptors (Lipinski definition) is 7. The lowest BCUT2D eigenvalue weighted by Gasteiger charge is -2.05. The predicted molar refractivity (Wildman–Crippen MR) is 55.6 cm³/mol. The zero-order valence-corrected chi connectivity index (χ0v) is 8.77. The summed E-state index contributed by atoms with van der Waals surface area (Å²) in [4.78, 5) is 15.2. The van der Waals surface area contributed by atoms with Gasteiger partial charge in [0.2, 0.25) is 10.0 Å². The van der Waals surface area contributed by atoms with Gasteiger partial charge in [0, 0.05) is 6.07 Å². The van der Waals surface area contributed by atoms with Crippen molar-refractivity contribution < 1.29 is 13.3 Å². The molecule has 0 aliphatic heterocycles. The molecule has 0 fully saturated rings. The van der Waals surface area contributed by atoms with E-state index in [9.17, 15) is 18.5 Å². The van der Waals surface area contributed by atoms with E-state index < -0.39 is 20.8 Å². The van der Waals surface area contributed by atoms with E-state index in [1.807, 2.05) is 4.83 Å². The molecule has 88 valence electrons. The van der Waals surface area contributed by atoms with Crippen molar-refractivity contribution in [3.05, 3.63) is 28.4 Å². The standard InChI is InChI=1S/C6H9N5O4S/c7-4-16(14,15)10-9-6-2-1-5(3-8-6)11(12)13/h1-3,10H,4,7H2,(H,8,9). The largest absolute Gasteiger partial charge is 0.317 e. The molecule has 1 aromatic heterocycles. The van der Waals surface area contributed by atoms with Gasteiger partial charge in [0.1, 0.15) is 17.9 Å². The molecule has 9 nitrogen and oxygen atoms in total. The number of anilines is 1. The second-order valence-corrected chi connectivity index (χ2v) is 4.43. The van der Waals surface area contributed by atoms with Gasteiger partial charge in [-0.1, -0.05) is 0 Å². The van der Waals surface area contributed by atoms with Crippen LogP contribution in [0.5, 0.6) is 0 Å². The molecule has 0 aliphatic rings. The summed E-state index contributed by atoms with van der Waals surface area (Å²) < 4.78 is 21.8. The van der Waals surface area contributed by atoms with Crippen LogP contribution in [0.15, 0.2) is 18.3 Å². The Bertz CT molecular complexity index is 470. The highest BCUT2D eigenvalue weighted by atomic mass is 32.2. The highest BCUT2D eigenvalue weighted by molar-refractivity contribution is 7.89. The minimum atomic E-state index is -3.60. The lowest BCUT2D eigenvalue weighted by atomic mass is 10.4. The average Bonchev–Trinajstić information content (AvgIpc) is 2.27. The van der Waals surface area contributed by atoms with Crippen molar-refractivity contribution in [1.29, 1.82) is 0 Å². The van der Waals surface area contributed by atoms with Crippen LogP contribution < -0.4 is 16.0 Å².